The van der Waals surface area contributed by atoms with E-state index in [0.717, 1.165) is 71.8 Å². The molecule has 0 aromatic heterocycles. The summed E-state index contributed by atoms with van der Waals surface area (Å²) >= 11 is 1.78. The third-order valence-electron chi connectivity index (χ3n) is 15.5. The van der Waals surface area contributed by atoms with Crippen molar-refractivity contribution in [3.8, 4) is 0 Å². The molecule has 2 nitrogen and oxygen atoms in total. The van der Waals surface area contributed by atoms with Gasteiger partial charge < -0.3 is 5.53 Å². The van der Waals surface area contributed by atoms with Crippen molar-refractivity contribution >= 4 is 11.4 Å². The zero-order valence-corrected chi connectivity index (χ0v) is 50.3. The van der Waals surface area contributed by atoms with E-state index in [2.05, 4.69) is 149 Å². The summed E-state index contributed by atoms with van der Waals surface area (Å²) in [5.74, 6) is 0. The van der Waals surface area contributed by atoms with Crippen LogP contribution in [0, 0.1) is 0 Å². The molecule has 0 N–H and O–H groups in total. The first-order valence-corrected chi connectivity index (χ1v) is 33.3. The van der Waals surface area contributed by atoms with Gasteiger partial charge in [-0.1, -0.05) is 250 Å². The Bertz CT molecular complexity index is 2110. The Morgan fingerprint density at radius 2 is 0.711 bits per heavy atom. The van der Waals surface area contributed by atoms with Crippen LogP contribution in [0.15, 0.2) is 132 Å². The molecular formula is C73H110N2Ni. The number of allylic oxidation sites excluding steroid dienone is 4. The first kappa shape index (κ1) is 64.7. The molecule has 0 saturated carbocycles. The Kier molecular flexibility index (Phi) is 37.5. The SMILES string of the molecule is CCCCCCCCCCCCCCCCCCCCCCCCCCCC=CC1=C(c2cccc(CCCCCC)c2)[N+](=[N-])C(c2cccc(CCCC)c2)=C1CCCC.c1ccc([CH2][Ni][CH2]c2ccccc2)cc1. The predicted octanol–water partition coefficient (Wildman–Crippen LogP) is 23.7. The Morgan fingerprint density at radius 3 is 1.14 bits per heavy atom. The molecule has 0 bridgehead atoms. The Morgan fingerprint density at radius 1 is 0.355 bits per heavy atom. The number of rotatable bonds is 44. The van der Waals surface area contributed by atoms with Crippen molar-refractivity contribution in [3.63, 3.8) is 0 Å². The van der Waals surface area contributed by atoms with Gasteiger partial charge in [-0.15, -0.1) is 0 Å². The van der Waals surface area contributed by atoms with Crippen LogP contribution in [-0.4, -0.2) is 4.70 Å². The molecule has 1 aliphatic heterocycles. The Hall–Kier alpha value is -3.81. The van der Waals surface area contributed by atoms with Gasteiger partial charge in [0.25, 0.3) is 0 Å². The third-order valence-corrected chi connectivity index (χ3v) is 16.8. The van der Waals surface area contributed by atoms with E-state index in [1.165, 1.54) is 232 Å². The summed E-state index contributed by atoms with van der Waals surface area (Å²) < 4.78 is 1.56. The number of benzene rings is 4. The van der Waals surface area contributed by atoms with E-state index >= 15 is 0 Å². The van der Waals surface area contributed by atoms with Crippen LogP contribution in [0.5, 0.6) is 0 Å². The number of nitrogens with zero attached hydrogens (tertiary/aromatic N) is 2. The molecule has 0 atom stereocenters. The predicted molar refractivity (Wildman–Crippen MR) is 331 cm³/mol. The fourth-order valence-electron chi connectivity index (χ4n) is 10.8. The van der Waals surface area contributed by atoms with Crippen LogP contribution in [0.1, 0.15) is 286 Å². The van der Waals surface area contributed by atoms with Crippen LogP contribution in [0.25, 0.3) is 16.9 Å². The molecule has 3 heteroatoms. The molecule has 0 saturated heterocycles. The summed E-state index contributed by atoms with van der Waals surface area (Å²) in [6.45, 7) is 9.13. The number of aryl methyl sites for hydroxylation is 2. The van der Waals surface area contributed by atoms with Crippen LogP contribution in [-0.2, 0) is 38.1 Å². The van der Waals surface area contributed by atoms with Crippen LogP contribution in [0.3, 0.4) is 0 Å². The summed E-state index contributed by atoms with van der Waals surface area (Å²) in [5.41, 5.74) is 24.5. The maximum absolute atomic E-state index is 12.2. The van der Waals surface area contributed by atoms with Gasteiger partial charge in [0.15, 0.2) is 0 Å². The van der Waals surface area contributed by atoms with Crippen LogP contribution < -0.4 is 0 Å². The minimum atomic E-state index is 0.960. The second kappa shape index (κ2) is 44.1. The first-order valence-electron chi connectivity index (χ1n) is 31.9. The van der Waals surface area contributed by atoms with Crippen molar-refractivity contribution in [1.29, 1.82) is 0 Å². The Labute approximate surface area is 475 Å². The van der Waals surface area contributed by atoms with Crippen molar-refractivity contribution in [2.45, 2.75) is 276 Å². The molecule has 4 aromatic carbocycles. The van der Waals surface area contributed by atoms with Crippen molar-refractivity contribution < 1.29 is 19.1 Å². The standard InChI is InChI=1S/C59H96N2.2C7H7.Ni/c1-5-9-13-15-16-17-18-19-20-21-22-23-24-25-26-27-28-29-30-31-32-33-34-35-36-37-39-49-57-56(48-12-8-4)58(54-46-40-44-52(50-54)42-11-7-3)61(60)59(57)55-47-41-45-53(51-55)43-38-14-10-6-2;2*1-7-5-3-2-4-6-7;/h39-41,44-47,49-51H,5-38,42-43,48H2,1-4H3;2*2-6H,1H2;. The molecule has 4 aromatic rings. The van der Waals surface area contributed by atoms with Gasteiger partial charge in [-0.25, -0.2) is 4.70 Å². The van der Waals surface area contributed by atoms with Gasteiger partial charge in [-0.05, 0) is 86.8 Å². The van der Waals surface area contributed by atoms with E-state index in [0.29, 0.717) is 0 Å². The average Bonchev–Trinajstić information content (AvgIpc) is 3.75. The molecule has 0 spiro atoms. The number of hydrogen-bond acceptors (Lipinski definition) is 0. The van der Waals surface area contributed by atoms with Gasteiger partial charge >= 0.3 is 97.0 Å². The summed E-state index contributed by atoms with van der Waals surface area (Å²) in [7, 11) is 0. The number of unbranched alkanes of at least 4 members (excludes halogenated alkanes) is 30. The van der Waals surface area contributed by atoms with Gasteiger partial charge in [0.2, 0.25) is 11.4 Å². The second-order valence-corrected chi connectivity index (χ2v) is 23.5. The average molecular weight is 1070 g/mol. The topological polar surface area (TPSA) is 25.3 Å². The first-order chi connectivity index (χ1) is 37.6. The molecule has 1 heterocycles. The Balaban J connectivity index is 0.000000705. The molecule has 0 aliphatic carbocycles. The maximum atomic E-state index is 12.2. The normalized spacial score (nSPS) is 12.7. The van der Waals surface area contributed by atoms with Crippen molar-refractivity contribution in [1.82, 2.24) is 0 Å². The van der Waals surface area contributed by atoms with E-state index in [-0.39, 0.29) is 0 Å². The molecular weight excluding hydrogens is 964 g/mol. The van der Waals surface area contributed by atoms with Crippen molar-refractivity contribution in [2.75, 3.05) is 0 Å². The van der Waals surface area contributed by atoms with Gasteiger partial charge in [0.1, 0.15) is 0 Å². The molecule has 0 amide bonds. The molecule has 0 radical (unpaired) electrons. The molecule has 5 rings (SSSR count). The molecule has 422 valence electrons. The zero-order valence-electron chi connectivity index (χ0n) is 49.3. The van der Waals surface area contributed by atoms with Gasteiger partial charge in [0.05, 0.1) is 5.57 Å². The van der Waals surface area contributed by atoms with E-state index < -0.39 is 0 Å². The fraction of sp³-hybridized carbons (Fsp3) is 0.589. The van der Waals surface area contributed by atoms with Crippen LogP contribution >= 0.6 is 0 Å². The molecule has 76 heavy (non-hydrogen) atoms. The quantitative estimate of drug-likeness (QED) is 0.0240. The van der Waals surface area contributed by atoms with E-state index in [4.69, 9.17) is 0 Å². The summed E-state index contributed by atoms with van der Waals surface area (Å²) in [4.78, 5) is 0. The van der Waals surface area contributed by atoms with Crippen molar-refractivity contribution in [3.05, 3.63) is 171 Å². The molecule has 1 aliphatic rings. The van der Waals surface area contributed by atoms with Gasteiger partial charge in [-0.3, -0.25) is 0 Å². The number of hydrogen-bond donors (Lipinski definition) is 0. The van der Waals surface area contributed by atoms with E-state index in [9.17, 15) is 5.53 Å². The van der Waals surface area contributed by atoms with Gasteiger partial charge in [-0.2, -0.15) is 0 Å². The minimum absolute atomic E-state index is 0.960. The fourth-order valence-corrected chi connectivity index (χ4v) is 12.0. The summed E-state index contributed by atoms with van der Waals surface area (Å²) in [6, 6.07) is 39.3. The van der Waals surface area contributed by atoms with E-state index in [1.54, 1.807) is 19.1 Å². The molecule has 0 fully saturated rings. The summed E-state index contributed by atoms with van der Waals surface area (Å²) in [5, 5.41) is 2.23. The third kappa shape index (κ3) is 28.2. The van der Waals surface area contributed by atoms with Crippen LogP contribution in [0.4, 0.5) is 0 Å². The summed E-state index contributed by atoms with van der Waals surface area (Å²) in [6.07, 6.45) is 54.5. The second-order valence-electron chi connectivity index (χ2n) is 22.3. The van der Waals surface area contributed by atoms with E-state index in [1.807, 2.05) is 0 Å². The van der Waals surface area contributed by atoms with Crippen molar-refractivity contribution in [2.24, 2.45) is 0 Å². The molecule has 0 unspecified atom stereocenters. The van der Waals surface area contributed by atoms with Gasteiger partial charge in [0, 0.05) is 16.7 Å². The monoisotopic (exact) mass is 1070 g/mol. The zero-order chi connectivity index (χ0) is 53.8. The van der Waals surface area contributed by atoms with Crippen LogP contribution in [0.2, 0.25) is 0 Å².